The molecule has 0 spiro atoms. The van der Waals surface area contributed by atoms with E-state index in [9.17, 15) is 0 Å². The van der Waals surface area contributed by atoms with E-state index in [2.05, 4.69) is 46.4 Å². The minimum Gasteiger partial charge on any atom is -0.369 e. The maximum atomic E-state index is 5.61. The summed E-state index contributed by atoms with van der Waals surface area (Å²) in [5.74, 6) is 7.93. The van der Waals surface area contributed by atoms with Gasteiger partial charge in [0.15, 0.2) is 5.82 Å². The van der Waals surface area contributed by atoms with Gasteiger partial charge in [-0.3, -0.25) is 4.98 Å². The van der Waals surface area contributed by atoms with Gasteiger partial charge < -0.3 is 15.8 Å². The van der Waals surface area contributed by atoms with E-state index in [4.69, 9.17) is 20.4 Å². The molecule has 3 N–H and O–H groups in total. The van der Waals surface area contributed by atoms with E-state index >= 15 is 0 Å². The molecule has 2 aromatic heterocycles. The molecule has 1 unspecified atom stereocenters. The number of fused-ring (bicyclic) bond motifs is 2. The van der Waals surface area contributed by atoms with Crippen molar-refractivity contribution in [2.24, 2.45) is 5.73 Å². The molecule has 0 saturated carbocycles. The Balaban J connectivity index is 1.26. The topological polar surface area (TPSA) is 86.0 Å². The summed E-state index contributed by atoms with van der Waals surface area (Å²) in [6.07, 6.45) is 8.65. The molecule has 0 amide bonds. The molecular formula is C30H31N5O. The van der Waals surface area contributed by atoms with Crippen LogP contribution in [0.1, 0.15) is 36.0 Å². The number of hydrogen-bond acceptors (Lipinski definition) is 6. The second kappa shape index (κ2) is 11.8. The van der Waals surface area contributed by atoms with Crippen LogP contribution in [-0.4, -0.2) is 40.8 Å². The van der Waals surface area contributed by atoms with Gasteiger partial charge in [0.2, 0.25) is 0 Å². The van der Waals surface area contributed by atoms with E-state index in [1.54, 1.807) is 12.4 Å². The fourth-order valence-corrected chi connectivity index (χ4v) is 4.59. The summed E-state index contributed by atoms with van der Waals surface area (Å²) >= 11 is 0. The van der Waals surface area contributed by atoms with E-state index in [0.29, 0.717) is 12.4 Å². The first-order valence-corrected chi connectivity index (χ1v) is 12.6. The van der Waals surface area contributed by atoms with Crippen molar-refractivity contribution in [3.8, 4) is 23.2 Å². The predicted octanol–water partition coefficient (Wildman–Crippen LogP) is 4.77. The highest BCUT2D eigenvalue weighted by Crippen LogP contribution is 2.29. The lowest BCUT2D eigenvalue weighted by molar-refractivity contribution is 0.162. The summed E-state index contributed by atoms with van der Waals surface area (Å²) in [7, 11) is 0. The van der Waals surface area contributed by atoms with Crippen LogP contribution in [0, 0.1) is 11.8 Å². The largest absolute Gasteiger partial charge is 0.369 e. The van der Waals surface area contributed by atoms with Crippen molar-refractivity contribution >= 4 is 16.7 Å². The first-order valence-electron chi connectivity index (χ1n) is 12.6. The number of hydrogen-bond donors (Lipinski definition) is 2. The van der Waals surface area contributed by atoms with E-state index in [1.807, 2.05) is 30.3 Å². The van der Waals surface area contributed by atoms with E-state index in [0.717, 1.165) is 73.1 Å². The van der Waals surface area contributed by atoms with Crippen LogP contribution >= 0.6 is 0 Å². The Kier molecular flexibility index (Phi) is 7.82. The fraction of sp³-hybridized carbons (Fsp3) is 0.300. The van der Waals surface area contributed by atoms with E-state index in [1.165, 1.54) is 11.1 Å². The average Bonchev–Trinajstić information content (AvgIpc) is 3.32. The van der Waals surface area contributed by atoms with Crippen LogP contribution in [0.2, 0.25) is 0 Å². The molecule has 5 rings (SSSR count). The Morgan fingerprint density at radius 2 is 1.89 bits per heavy atom. The molecule has 0 fully saturated rings. The summed E-state index contributed by atoms with van der Waals surface area (Å²) in [5.41, 5.74) is 11.1. The third-order valence-corrected chi connectivity index (χ3v) is 6.40. The lowest BCUT2D eigenvalue weighted by atomic mass is 10.1. The number of aromatic nitrogens is 3. The highest BCUT2D eigenvalue weighted by molar-refractivity contribution is 5.90. The van der Waals surface area contributed by atoms with Crippen molar-refractivity contribution in [1.82, 2.24) is 15.0 Å². The van der Waals surface area contributed by atoms with Crippen LogP contribution < -0.4 is 11.1 Å². The highest BCUT2D eigenvalue weighted by Gasteiger charge is 2.23. The van der Waals surface area contributed by atoms with Crippen LogP contribution in [0.25, 0.3) is 22.3 Å². The molecule has 1 aliphatic rings. The molecule has 1 aliphatic carbocycles. The summed E-state index contributed by atoms with van der Waals surface area (Å²) < 4.78 is 5.61. The number of anilines is 1. The van der Waals surface area contributed by atoms with Crippen molar-refractivity contribution in [2.75, 3.05) is 25.1 Å². The predicted molar refractivity (Wildman–Crippen MR) is 145 cm³/mol. The van der Waals surface area contributed by atoms with Crippen molar-refractivity contribution in [3.05, 3.63) is 83.7 Å². The molecule has 4 aromatic rings. The lowest BCUT2D eigenvalue weighted by Gasteiger charge is -2.15. The zero-order chi connectivity index (χ0) is 24.6. The molecule has 2 aromatic carbocycles. The number of nitrogens with one attached hydrogen (secondary N) is 1. The molecule has 6 nitrogen and oxygen atoms in total. The van der Waals surface area contributed by atoms with E-state index < -0.39 is 0 Å². The first kappa shape index (κ1) is 23.9. The van der Waals surface area contributed by atoms with Gasteiger partial charge in [-0.1, -0.05) is 30.0 Å². The number of benzene rings is 2. The van der Waals surface area contributed by atoms with Crippen LogP contribution in [0.4, 0.5) is 5.82 Å². The Morgan fingerprint density at radius 3 is 2.78 bits per heavy atom. The molecule has 0 radical (unpaired) electrons. The summed E-state index contributed by atoms with van der Waals surface area (Å²) in [4.78, 5) is 13.9. The minimum absolute atomic E-state index is 0.264. The molecule has 2 heterocycles. The molecule has 0 aliphatic heterocycles. The van der Waals surface area contributed by atoms with Crippen molar-refractivity contribution in [3.63, 3.8) is 0 Å². The fourth-order valence-electron chi connectivity index (χ4n) is 4.59. The van der Waals surface area contributed by atoms with Gasteiger partial charge in [0.1, 0.15) is 12.4 Å². The van der Waals surface area contributed by atoms with Crippen LogP contribution in [0.5, 0.6) is 0 Å². The highest BCUT2D eigenvalue weighted by atomic mass is 16.5. The van der Waals surface area contributed by atoms with Crippen molar-refractivity contribution in [2.45, 2.75) is 38.1 Å². The summed E-state index contributed by atoms with van der Waals surface area (Å²) in [5, 5.41) is 4.73. The third-order valence-electron chi connectivity index (χ3n) is 6.40. The number of para-hydroxylation sites is 1. The molecule has 182 valence electrons. The van der Waals surface area contributed by atoms with Gasteiger partial charge in [-0.2, -0.15) is 0 Å². The van der Waals surface area contributed by atoms with Gasteiger partial charge in [0.05, 0.1) is 5.52 Å². The second-order valence-electron chi connectivity index (χ2n) is 9.09. The number of rotatable bonds is 9. The zero-order valence-corrected chi connectivity index (χ0v) is 20.4. The summed E-state index contributed by atoms with van der Waals surface area (Å²) in [6, 6.07) is 18.8. The zero-order valence-electron chi connectivity index (χ0n) is 20.4. The van der Waals surface area contributed by atoms with Gasteiger partial charge in [0, 0.05) is 41.6 Å². The normalized spacial score (nSPS) is 14.3. The Morgan fingerprint density at radius 1 is 0.972 bits per heavy atom. The minimum atomic E-state index is 0.264. The number of nitrogens with two attached hydrogens (primary N) is 1. The molecule has 0 bridgehead atoms. The van der Waals surface area contributed by atoms with Gasteiger partial charge in [0.25, 0.3) is 0 Å². The number of unbranched alkanes of at least 4 members (excludes halogenated alkanes) is 2. The average molecular weight is 478 g/mol. The quantitative estimate of drug-likeness (QED) is 0.267. The van der Waals surface area contributed by atoms with Crippen LogP contribution in [0.15, 0.2) is 67.0 Å². The number of ether oxygens (including phenoxy) is 1. The standard InChI is InChI=1S/C30H31N5O/c31-14-4-1-5-16-36-17-7-8-22-12-13-23-19-26(20-25(23)18-22)33-30-27-10-2-3-11-28(27)34-29(35-30)24-9-6-15-32-21-24/h2-3,6,9-13,15,18,21,26H,1,4-5,14,16-17,19-20,31H2,(H,33,34,35). The van der Waals surface area contributed by atoms with Gasteiger partial charge in [-0.25, -0.2) is 9.97 Å². The summed E-state index contributed by atoms with van der Waals surface area (Å²) in [6.45, 7) is 1.95. The molecule has 1 atom stereocenters. The maximum absolute atomic E-state index is 5.61. The van der Waals surface area contributed by atoms with Gasteiger partial charge in [-0.15, -0.1) is 0 Å². The van der Waals surface area contributed by atoms with E-state index in [-0.39, 0.29) is 6.04 Å². The van der Waals surface area contributed by atoms with Crippen molar-refractivity contribution < 1.29 is 4.74 Å². The molecule has 36 heavy (non-hydrogen) atoms. The molecule has 6 heteroatoms. The van der Waals surface area contributed by atoms with Gasteiger partial charge >= 0.3 is 0 Å². The third kappa shape index (κ3) is 5.88. The van der Waals surface area contributed by atoms with Crippen molar-refractivity contribution in [1.29, 1.82) is 0 Å². The molecular weight excluding hydrogens is 446 g/mol. The smallest absolute Gasteiger partial charge is 0.163 e. The first-order chi connectivity index (χ1) is 17.8. The van der Waals surface area contributed by atoms with Crippen LogP contribution in [-0.2, 0) is 17.6 Å². The maximum Gasteiger partial charge on any atom is 0.163 e. The Hall–Kier alpha value is -3.79. The SMILES string of the molecule is NCCCCCOCC#Cc1ccc2c(c1)CC(Nc1nc(-c3cccnc3)nc3ccccc13)C2. The molecule has 0 saturated heterocycles. The Bertz CT molecular complexity index is 1380. The van der Waals surface area contributed by atoms with Crippen LogP contribution in [0.3, 0.4) is 0 Å². The number of pyridine rings is 1. The monoisotopic (exact) mass is 477 g/mol. The lowest BCUT2D eigenvalue weighted by Crippen LogP contribution is -2.20. The number of nitrogens with zero attached hydrogens (tertiary/aromatic N) is 3. The second-order valence-corrected chi connectivity index (χ2v) is 9.09. The Labute approximate surface area is 212 Å². The van der Waals surface area contributed by atoms with Gasteiger partial charge in [-0.05, 0) is 86.2 Å².